The van der Waals surface area contributed by atoms with Gasteiger partial charge in [0.2, 0.25) is 0 Å². The van der Waals surface area contributed by atoms with Crippen LogP contribution < -0.4 is 0 Å². The molecule has 14 N–H and O–H groups in total. The number of fused-ring (bicyclic) bond motifs is 5. The Bertz CT molecular complexity index is 2000. The molecular formula is C53H90O22. The molecular weight excluding hydrogens is 989 g/mol. The summed E-state index contributed by atoms with van der Waals surface area (Å²) >= 11 is 0. The third-order valence-electron chi connectivity index (χ3n) is 20.3. The number of ether oxygens (including phenoxy) is 8. The predicted octanol–water partition coefficient (Wildman–Crippen LogP) is -1.56. The van der Waals surface area contributed by atoms with Crippen LogP contribution in [0.2, 0.25) is 0 Å². The van der Waals surface area contributed by atoms with Crippen molar-refractivity contribution in [3.05, 3.63) is 11.6 Å². The minimum absolute atomic E-state index is 0.0477. The van der Waals surface area contributed by atoms with Gasteiger partial charge in [-0.25, -0.2) is 0 Å². The van der Waals surface area contributed by atoms with E-state index in [9.17, 15) is 72.9 Å². The van der Waals surface area contributed by atoms with Gasteiger partial charge in [0.05, 0.1) is 45.6 Å². The Morgan fingerprint density at radius 2 is 1.20 bits per heavy atom. The highest BCUT2D eigenvalue weighted by Crippen LogP contribution is 2.76. The Hall–Kier alpha value is -1.14. The lowest BCUT2D eigenvalue weighted by Gasteiger charge is -2.71. The van der Waals surface area contributed by atoms with Gasteiger partial charge < -0.3 is 109 Å². The van der Waals surface area contributed by atoms with Crippen molar-refractivity contribution >= 4 is 0 Å². The number of aliphatic hydroxyl groups is 14. The molecule has 4 heterocycles. The van der Waals surface area contributed by atoms with E-state index in [0.29, 0.717) is 38.5 Å². The summed E-state index contributed by atoms with van der Waals surface area (Å²) in [5, 5.41) is 152. The Kier molecular flexibility index (Phi) is 17.7. The molecule has 0 bridgehead atoms. The van der Waals surface area contributed by atoms with Crippen molar-refractivity contribution in [3.8, 4) is 0 Å². The number of aliphatic hydroxyl groups excluding tert-OH is 13. The lowest BCUT2D eigenvalue weighted by molar-refractivity contribution is -0.378. The fourth-order valence-electron chi connectivity index (χ4n) is 15.7. The summed E-state index contributed by atoms with van der Waals surface area (Å²) in [5.41, 5.74) is -2.25. The second-order valence-corrected chi connectivity index (χ2v) is 25.1. The van der Waals surface area contributed by atoms with Crippen LogP contribution in [0.5, 0.6) is 0 Å². The first-order chi connectivity index (χ1) is 35.4. The summed E-state index contributed by atoms with van der Waals surface area (Å²) < 4.78 is 58.8. The summed E-state index contributed by atoms with van der Waals surface area (Å²) in [4.78, 5) is 0. The lowest BCUT2D eigenvalue weighted by atomic mass is 9.35. The van der Waals surface area contributed by atoms with E-state index in [1.165, 1.54) is 0 Å². The summed E-state index contributed by atoms with van der Waals surface area (Å²) in [6.45, 7) is 14.5. The van der Waals surface area contributed by atoms with Crippen LogP contribution in [-0.2, 0) is 37.9 Å². The van der Waals surface area contributed by atoms with Gasteiger partial charge >= 0.3 is 0 Å². The fourth-order valence-corrected chi connectivity index (χ4v) is 15.7. The zero-order chi connectivity index (χ0) is 56.0. The van der Waals surface area contributed by atoms with Gasteiger partial charge in [0.15, 0.2) is 25.2 Å². The van der Waals surface area contributed by atoms with Gasteiger partial charge in [-0.15, -0.1) is 0 Å². The molecule has 8 aliphatic rings. The molecule has 75 heavy (non-hydrogen) atoms. The first-order valence-corrected chi connectivity index (χ1v) is 27.2. The van der Waals surface area contributed by atoms with Crippen molar-refractivity contribution in [2.45, 2.75) is 248 Å². The summed E-state index contributed by atoms with van der Waals surface area (Å²) in [5.74, 6) is -1.32. The van der Waals surface area contributed by atoms with Crippen molar-refractivity contribution in [1.29, 1.82) is 0 Å². The molecule has 4 aliphatic heterocycles. The molecule has 8 fully saturated rings. The first-order valence-electron chi connectivity index (χ1n) is 27.7. The van der Waals surface area contributed by atoms with E-state index in [4.69, 9.17) is 37.9 Å². The van der Waals surface area contributed by atoms with Crippen molar-refractivity contribution in [2.75, 3.05) is 26.4 Å². The number of rotatable bonds is 15. The molecule has 8 rings (SSSR count). The third kappa shape index (κ3) is 10.6. The SMILES string of the molecule is [2H][C@]1(O)C[C@@H]2[C@@]3(C)CC[C@H](O[C@@H]4O[C@H](CO)[C@@H](O)[C@H](O)[C@H]4O[C@@H]4O[C@H](CO)[C@@H](O)[C@H](O)[C@H]4O)C(C)(C)C3CC[C@@]2(C)[C@]2(C)CC[C@H]([C@](C)(CCC=C(C)C)O[C@@H]3O[C@H](CO[C@@H]4OC[C@@H](O)[C@@H](O)[C@@H]4O)[C@@H](O)[C@H](O)[C@H]3O)[C@@H]12. The van der Waals surface area contributed by atoms with E-state index in [2.05, 4.69) is 40.7 Å². The van der Waals surface area contributed by atoms with Gasteiger partial charge in [0.25, 0.3) is 0 Å². The summed E-state index contributed by atoms with van der Waals surface area (Å²) in [7, 11) is 0. The maximum Gasteiger partial charge on any atom is 0.187 e. The summed E-state index contributed by atoms with van der Waals surface area (Å²) in [6.07, 6.45) is -25.6. The standard InChI is InChI=1S/C53H90O22/c1-23(2)10-9-14-53(8,75-47-43(67)39(63)37(61)29(72-47)22-69-45-41(65)34(58)26(57)21-68-45)24-11-16-52(7)33(24)25(56)18-31-50(5)15-13-32(49(3,4)30(50)12-17-51(31,52)6)73-48-44(40(64)36(60)28(20-55)71-48)74-46-42(66)38(62)35(59)27(19-54)70-46/h10,24-48,54-67H,9,11-22H2,1-8H3/t24-,25-,26+,27+,28+,29+,30?,31+,32-,33-,34+,35+,36+,37+,38-,39-,40-,41-,42+,43+,44+,45-,46-,47-,48-,50-,51+,52+,53-/m0/s1/i25D. The van der Waals surface area contributed by atoms with Gasteiger partial charge in [-0.2, -0.15) is 0 Å². The smallest absolute Gasteiger partial charge is 0.187 e. The average Bonchev–Trinajstić information content (AvgIpc) is 3.76. The quantitative estimate of drug-likeness (QED) is 0.0651. The Labute approximate surface area is 440 Å². The van der Waals surface area contributed by atoms with Crippen LogP contribution in [0.25, 0.3) is 0 Å². The Morgan fingerprint density at radius 3 is 1.84 bits per heavy atom. The molecule has 22 heteroatoms. The van der Waals surface area contributed by atoms with Crippen LogP contribution in [0.1, 0.15) is 115 Å². The Balaban J connectivity index is 1.03. The van der Waals surface area contributed by atoms with Crippen LogP contribution >= 0.6 is 0 Å². The van der Waals surface area contributed by atoms with Gasteiger partial charge in [0, 0.05) is 0 Å². The molecule has 4 saturated heterocycles. The topological polar surface area (TPSA) is 357 Å². The van der Waals surface area contributed by atoms with Crippen LogP contribution in [0, 0.1) is 45.3 Å². The molecule has 0 aromatic carbocycles. The van der Waals surface area contributed by atoms with Crippen LogP contribution in [0.3, 0.4) is 0 Å². The van der Waals surface area contributed by atoms with Gasteiger partial charge in [-0.3, -0.25) is 0 Å². The monoisotopic (exact) mass is 1080 g/mol. The van der Waals surface area contributed by atoms with Gasteiger partial charge in [-0.1, -0.05) is 46.3 Å². The third-order valence-corrected chi connectivity index (χ3v) is 20.3. The number of hydrogen-bond acceptors (Lipinski definition) is 22. The largest absolute Gasteiger partial charge is 0.394 e. The lowest BCUT2D eigenvalue weighted by Crippen LogP contribution is -2.68. The normalized spacial score (nSPS) is 53.9. The first kappa shape index (κ1) is 58.5. The zero-order valence-corrected chi connectivity index (χ0v) is 44.7. The molecule has 0 radical (unpaired) electrons. The van der Waals surface area contributed by atoms with E-state index in [1.807, 2.05) is 20.8 Å². The highest BCUT2D eigenvalue weighted by molar-refractivity contribution is 5.20. The van der Waals surface area contributed by atoms with Crippen LogP contribution in [-0.4, -0.2) is 232 Å². The molecule has 0 spiro atoms. The molecule has 0 aromatic heterocycles. The van der Waals surface area contributed by atoms with Crippen molar-refractivity contribution < 1.29 is 111 Å². The van der Waals surface area contributed by atoms with E-state index in [1.54, 1.807) is 0 Å². The molecule has 4 saturated carbocycles. The van der Waals surface area contributed by atoms with Gasteiger partial charge in [0.1, 0.15) is 91.6 Å². The highest BCUT2D eigenvalue weighted by atomic mass is 16.8. The van der Waals surface area contributed by atoms with Crippen LogP contribution in [0.4, 0.5) is 0 Å². The molecule has 0 aromatic rings. The second-order valence-electron chi connectivity index (χ2n) is 25.1. The number of hydrogen-bond donors (Lipinski definition) is 14. The predicted molar refractivity (Wildman–Crippen MR) is 260 cm³/mol. The zero-order valence-electron chi connectivity index (χ0n) is 45.7. The fraction of sp³-hybridized carbons (Fsp3) is 0.962. The number of allylic oxidation sites excluding steroid dienone is 2. The molecule has 29 atom stereocenters. The molecule has 22 nitrogen and oxygen atoms in total. The maximum absolute atomic E-state index is 13.0. The van der Waals surface area contributed by atoms with Crippen molar-refractivity contribution in [1.82, 2.24) is 0 Å². The summed E-state index contributed by atoms with van der Waals surface area (Å²) in [6, 6.07) is 0. The van der Waals surface area contributed by atoms with Gasteiger partial charge in [-0.05, 0) is 124 Å². The second kappa shape index (κ2) is 22.7. The van der Waals surface area contributed by atoms with Crippen molar-refractivity contribution in [3.63, 3.8) is 0 Å². The molecule has 4 aliphatic carbocycles. The molecule has 1 unspecified atom stereocenters. The van der Waals surface area contributed by atoms with E-state index >= 15 is 0 Å². The average molecular weight is 1080 g/mol. The van der Waals surface area contributed by atoms with E-state index < -0.39 is 188 Å². The minimum atomic E-state index is -1.98. The van der Waals surface area contributed by atoms with E-state index in [0.717, 1.165) is 18.4 Å². The highest BCUT2D eigenvalue weighted by Gasteiger charge is 2.72. The van der Waals surface area contributed by atoms with Crippen molar-refractivity contribution in [2.24, 2.45) is 45.3 Å². The van der Waals surface area contributed by atoms with E-state index in [-0.39, 0.29) is 24.9 Å². The Morgan fingerprint density at radius 1 is 0.627 bits per heavy atom. The molecule has 434 valence electrons. The minimum Gasteiger partial charge on any atom is -0.394 e. The maximum atomic E-state index is 13.0. The van der Waals surface area contributed by atoms with Crippen LogP contribution in [0.15, 0.2) is 11.6 Å². The molecule has 0 amide bonds.